The van der Waals surface area contributed by atoms with E-state index in [-0.39, 0.29) is 6.04 Å². The van der Waals surface area contributed by atoms with Crippen molar-refractivity contribution >= 4 is 29.5 Å². The number of nitrogens with one attached hydrogen (secondary N) is 1. The molecule has 0 saturated heterocycles. The summed E-state index contributed by atoms with van der Waals surface area (Å²) in [6, 6.07) is 2.09. The molecule has 5 heteroatoms. The zero-order valence-electron chi connectivity index (χ0n) is 24.0. The van der Waals surface area contributed by atoms with Crippen LogP contribution in [0.5, 0.6) is 0 Å². The minimum absolute atomic E-state index is 0.0311. The van der Waals surface area contributed by atoms with Crippen LogP contribution < -0.4 is 0 Å². The van der Waals surface area contributed by atoms with Gasteiger partial charge in [-0.1, -0.05) is 84.3 Å². The quantitative estimate of drug-likeness (QED) is 0.120. The number of aliphatic imine (C=N–C) groups is 2. The van der Waals surface area contributed by atoms with Crippen LogP contribution in [0.1, 0.15) is 98.0 Å². The number of aromatic nitrogens is 1. The number of thioether (sulfide) groups is 1. The molecule has 0 radical (unpaired) electrons. The minimum atomic E-state index is 0.0311. The molecule has 2 heterocycles. The first kappa shape index (κ1) is 30.9. The molecule has 36 heavy (non-hydrogen) atoms. The summed E-state index contributed by atoms with van der Waals surface area (Å²) in [7, 11) is 0. The fourth-order valence-corrected chi connectivity index (χ4v) is 5.69. The molecular weight excluding hydrogens is 462 g/mol. The average molecular weight is 516 g/mol. The largest absolute Gasteiger partial charge is 0.373 e. The van der Waals surface area contributed by atoms with Crippen molar-refractivity contribution in [2.45, 2.75) is 105 Å². The van der Waals surface area contributed by atoms with Crippen molar-refractivity contribution in [1.29, 1.82) is 0 Å². The van der Waals surface area contributed by atoms with Crippen LogP contribution in [0.25, 0.3) is 0 Å². The molecule has 0 aliphatic carbocycles. The van der Waals surface area contributed by atoms with Crippen LogP contribution in [0.4, 0.5) is 5.82 Å². The van der Waals surface area contributed by atoms with E-state index in [9.17, 15) is 0 Å². The Hall–Kier alpha value is -1.33. The molecule has 1 aliphatic heterocycles. The molecule has 2 rings (SSSR count). The number of H-pyrrole nitrogens is 1. The van der Waals surface area contributed by atoms with Crippen LogP contribution in [0.15, 0.2) is 33.9 Å². The summed E-state index contributed by atoms with van der Waals surface area (Å²) in [5.41, 5.74) is 3.78. The highest BCUT2D eigenvalue weighted by molar-refractivity contribution is 8.00. The second-order valence-electron chi connectivity index (χ2n) is 11.4. The van der Waals surface area contributed by atoms with E-state index in [0.29, 0.717) is 13.2 Å². The van der Waals surface area contributed by atoms with Gasteiger partial charge >= 0.3 is 0 Å². The number of aryl methyl sites for hydroxylation is 1. The van der Waals surface area contributed by atoms with Crippen molar-refractivity contribution in [3.05, 3.63) is 29.5 Å². The van der Waals surface area contributed by atoms with E-state index >= 15 is 0 Å². The third-order valence-corrected chi connectivity index (χ3v) is 8.16. The van der Waals surface area contributed by atoms with Gasteiger partial charge in [0.1, 0.15) is 11.9 Å². The van der Waals surface area contributed by atoms with E-state index in [1.165, 1.54) is 68.9 Å². The maximum absolute atomic E-state index is 5.62. The first-order valence-electron chi connectivity index (χ1n) is 14.4. The summed E-state index contributed by atoms with van der Waals surface area (Å²) in [5, 5.41) is 0. The van der Waals surface area contributed by atoms with E-state index in [0.717, 1.165) is 40.8 Å². The lowest BCUT2D eigenvalue weighted by molar-refractivity contribution is 0.163. The van der Waals surface area contributed by atoms with E-state index in [1.807, 2.05) is 24.2 Å². The lowest BCUT2D eigenvalue weighted by atomic mass is 9.91. The molecule has 0 bridgehead atoms. The summed E-state index contributed by atoms with van der Waals surface area (Å²) in [6.07, 6.45) is 18.5. The van der Waals surface area contributed by atoms with Crippen LogP contribution in [-0.2, 0) is 4.74 Å². The molecule has 3 unspecified atom stereocenters. The van der Waals surface area contributed by atoms with Crippen molar-refractivity contribution in [3.63, 3.8) is 0 Å². The van der Waals surface area contributed by atoms with Crippen molar-refractivity contribution in [2.24, 2.45) is 27.7 Å². The Morgan fingerprint density at radius 1 is 1.11 bits per heavy atom. The standard InChI is InChI=1S/C31H53N3OS/c1-24(2)10-7-11-25(3)12-8-13-26(4)14-9-15-27(5)17-21-36-23-30(29-22-35-20-19-32-29)34-31-28(6)16-18-33-31/h16-19,24-26,29,33H,7-15,20-23H2,1-6H3. The van der Waals surface area contributed by atoms with Gasteiger partial charge in [-0.2, -0.15) is 11.8 Å². The predicted octanol–water partition coefficient (Wildman–Crippen LogP) is 8.98. The maximum atomic E-state index is 5.62. The SMILES string of the molecule is CC(=CCSCC(=Nc1[nH]ccc1C)C1COCC=N1)CCCC(C)CCCC(C)CCCC(C)C. The molecule has 4 nitrogen and oxygen atoms in total. The Morgan fingerprint density at radius 2 is 1.81 bits per heavy atom. The molecule has 1 aromatic rings. The Bertz CT molecular complexity index is 810. The molecule has 0 fully saturated rings. The molecule has 1 aromatic heterocycles. The fourth-order valence-electron chi connectivity index (χ4n) is 4.71. The second-order valence-corrected chi connectivity index (χ2v) is 12.5. The Balaban J connectivity index is 1.63. The van der Waals surface area contributed by atoms with Gasteiger partial charge in [0.25, 0.3) is 0 Å². The fraction of sp³-hybridized carbons (Fsp3) is 0.742. The number of rotatable bonds is 18. The highest BCUT2D eigenvalue weighted by atomic mass is 32.2. The molecule has 1 N–H and O–H groups in total. The normalized spacial score (nSPS) is 18.7. The van der Waals surface area contributed by atoms with E-state index in [1.54, 1.807) is 0 Å². The topological polar surface area (TPSA) is 49.7 Å². The zero-order valence-corrected chi connectivity index (χ0v) is 24.8. The number of ether oxygens (including phenoxy) is 1. The molecule has 1 aliphatic rings. The van der Waals surface area contributed by atoms with Gasteiger partial charge in [0.2, 0.25) is 0 Å². The predicted molar refractivity (Wildman–Crippen MR) is 162 cm³/mol. The van der Waals surface area contributed by atoms with Crippen molar-refractivity contribution in [1.82, 2.24) is 4.98 Å². The number of allylic oxidation sites excluding steroid dienone is 1. The van der Waals surface area contributed by atoms with Crippen LogP contribution in [0.2, 0.25) is 0 Å². The summed E-state index contributed by atoms with van der Waals surface area (Å²) in [6.45, 7) is 15.2. The summed E-state index contributed by atoms with van der Waals surface area (Å²) >= 11 is 1.92. The molecule has 0 aromatic carbocycles. The van der Waals surface area contributed by atoms with Gasteiger partial charge < -0.3 is 9.72 Å². The Morgan fingerprint density at radius 3 is 2.42 bits per heavy atom. The van der Waals surface area contributed by atoms with Gasteiger partial charge in [0.15, 0.2) is 0 Å². The Labute approximate surface area is 226 Å². The number of nitrogens with zero attached hydrogens (tertiary/aromatic N) is 2. The number of hydrogen-bond acceptors (Lipinski definition) is 4. The van der Waals surface area contributed by atoms with E-state index in [2.05, 4.69) is 63.7 Å². The van der Waals surface area contributed by atoms with Gasteiger partial charge in [0.05, 0.1) is 18.9 Å². The Kier molecular flexibility index (Phi) is 15.5. The van der Waals surface area contributed by atoms with Gasteiger partial charge in [0, 0.05) is 23.9 Å². The number of aromatic amines is 1. The van der Waals surface area contributed by atoms with Gasteiger partial charge in [-0.25, -0.2) is 4.99 Å². The summed E-state index contributed by atoms with van der Waals surface area (Å²) in [5.74, 6) is 5.44. The second kappa shape index (κ2) is 18.0. The first-order valence-corrected chi connectivity index (χ1v) is 15.5. The molecular formula is C31H53N3OS. The van der Waals surface area contributed by atoms with E-state index in [4.69, 9.17) is 9.73 Å². The first-order chi connectivity index (χ1) is 17.3. The third kappa shape index (κ3) is 13.3. The molecule has 204 valence electrons. The molecule has 0 amide bonds. The lowest BCUT2D eigenvalue weighted by Gasteiger charge is -2.18. The summed E-state index contributed by atoms with van der Waals surface area (Å²) in [4.78, 5) is 12.8. The van der Waals surface area contributed by atoms with Crippen molar-refractivity contribution in [2.75, 3.05) is 24.7 Å². The van der Waals surface area contributed by atoms with Gasteiger partial charge in [-0.3, -0.25) is 4.99 Å². The van der Waals surface area contributed by atoms with Gasteiger partial charge in [-0.05, 0) is 56.1 Å². The zero-order chi connectivity index (χ0) is 26.2. The van der Waals surface area contributed by atoms with Crippen LogP contribution >= 0.6 is 11.8 Å². The third-order valence-electron chi connectivity index (χ3n) is 7.26. The highest BCUT2D eigenvalue weighted by Gasteiger charge is 2.18. The van der Waals surface area contributed by atoms with Crippen molar-refractivity contribution < 1.29 is 4.74 Å². The van der Waals surface area contributed by atoms with Gasteiger partial charge in [-0.15, -0.1) is 0 Å². The lowest BCUT2D eigenvalue weighted by Crippen LogP contribution is -2.30. The molecule has 3 atom stereocenters. The minimum Gasteiger partial charge on any atom is -0.373 e. The van der Waals surface area contributed by atoms with E-state index < -0.39 is 0 Å². The molecule has 0 saturated carbocycles. The smallest absolute Gasteiger partial charge is 0.132 e. The molecule has 0 spiro atoms. The maximum Gasteiger partial charge on any atom is 0.132 e. The average Bonchev–Trinajstić information content (AvgIpc) is 3.25. The number of hydrogen-bond donors (Lipinski definition) is 1. The summed E-state index contributed by atoms with van der Waals surface area (Å²) < 4.78 is 5.62. The van der Waals surface area contributed by atoms with Crippen LogP contribution in [0.3, 0.4) is 0 Å². The highest BCUT2D eigenvalue weighted by Crippen LogP contribution is 2.23. The monoisotopic (exact) mass is 515 g/mol. The van der Waals surface area contributed by atoms with Crippen molar-refractivity contribution in [3.8, 4) is 0 Å². The van der Waals surface area contributed by atoms with Crippen LogP contribution in [0, 0.1) is 24.7 Å². The van der Waals surface area contributed by atoms with Crippen LogP contribution in [-0.4, -0.2) is 47.7 Å².